The van der Waals surface area contributed by atoms with Gasteiger partial charge in [-0.25, -0.2) is 9.78 Å². The standard InChI is InChI=1S/C9H9N3O3/c1-2-12-4-6-7(13)5(9(14)15)3-10-8(6)11-12/h3-4,13H,2H2,1H3,(H,14,15). The van der Waals surface area contributed by atoms with Crippen LogP contribution >= 0.6 is 0 Å². The fraction of sp³-hybridized carbons (Fsp3) is 0.222. The SMILES string of the molecule is CCn1cc2c(O)c(C(=O)O)cnc2n1. The second-order valence-corrected chi connectivity index (χ2v) is 3.05. The van der Waals surface area contributed by atoms with Gasteiger partial charge < -0.3 is 10.2 Å². The first kappa shape index (κ1) is 9.45. The topological polar surface area (TPSA) is 88.2 Å². The minimum atomic E-state index is -1.20. The van der Waals surface area contributed by atoms with E-state index in [1.165, 1.54) is 0 Å². The van der Waals surface area contributed by atoms with Gasteiger partial charge in [-0.2, -0.15) is 5.10 Å². The zero-order valence-corrected chi connectivity index (χ0v) is 8.01. The van der Waals surface area contributed by atoms with Crippen LogP contribution in [0.25, 0.3) is 11.0 Å². The molecule has 0 saturated heterocycles. The zero-order valence-electron chi connectivity index (χ0n) is 8.01. The number of aromatic carboxylic acids is 1. The van der Waals surface area contributed by atoms with Crippen LogP contribution in [0.4, 0.5) is 0 Å². The van der Waals surface area contributed by atoms with E-state index in [9.17, 15) is 9.90 Å². The zero-order chi connectivity index (χ0) is 11.0. The number of carboxylic acid groups (broad SMARTS) is 1. The summed E-state index contributed by atoms with van der Waals surface area (Å²) in [6, 6.07) is 0. The van der Waals surface area contributed by atoms with Gasteiger partial charge >= 0.3 is 5.97 Å². The van der Waals surface area contributed by atoms with E-state index in [0.29, 0.717) is 17.6 Å². The van der Waals surface area contributed by atoms with Crippen molar-refractivity contribution in [1.29, 1.82) is 0 Å². The number of aromatic nitrogens is 3. The predicted molar refractivity (Wildman–Crippen MR) is 51.8 cm³/mol. The maximum Gasteiger partial charge on any atom is 0.341 e. The van der Waals surface area contributed by atoms with E-state index in [0.717, 1.165) is 6.20 Å². The molecule has 0 amide bonds. The summed E-state index contributed by atoms with van der Waals surface area (Å²) < 4.78 is 1.59. The number of nitrogens with zero attached hydrogens (tertiary/aromatic N) is 3. The molecule has 2 aromatic rings. The molecule has 0 aliphatic heterocycles. The Morgan fingerprint density at radius 1 is 1.60 bits per heavy atom. The van der Waals surface area contributed by atoms with Gasteiger partial charge in [-0.3, -0.25) is 4.68 Å². The normalized spacial score (nSPS) is 10.7. The molecule has 0 radical (unpaired) electrons. The number of pyridine rings is 1. The highest BCUT2D eigenvalue weighted by molar-refractivity contribution is 5.97. The van der Waals surface area contributed by atoms with Crippen molar-refractivity contribution >= 4 is 17.0 Å². The highest BCUT2D eigenvalue weighted by Crippen LogP contribution is 2.25. The van der Waals surface area contributed by atoms with Crippen molar-refractivity contribution in [3.05, 3.63) is 18.0 Å². The van der Waals surface area contributed by atoms with Gasteiger partial charge in [-0.1, -0.05) is 0 Å². The molecule has 2 heterocycles. The number of carboxylic acids is 1. The molecule has 2 rings (SSSR count). The number of hydrogen-bond acceptors (Lipinski definition) is 4. The van der Waals surface area contributed by atoms with Crippen molar-refractivity contribution < 1.29 is 15.0 Å². The second-order valence-electron chi connectivity index (χ2n) is 3.05. The lowest BCUT2D eigenvalue weighted by atomic mass is 10.2. The van der Waals surface area contributed by atoms with Gasteiger partial charge in [0.15, 0.2) is 5.65 Å². The molecule has 0 aliphatic carbocycles. The third-order valence-corrected chi connectivity index (χ3v) is 2.12. The fourth-order valence-corrected chi connectivity index (χ4v) is 1.32. The average molecular weight is 207 g/mol. The van der Waals surface area contributed by atoms with E-state index >= 15 is 0 Å². The Kier molecular flexibility index (Phi) is 2.03. The number of aromatic hydroxyl groups is 1. The summed E-state index contributed by atoms with van der Waals surface area (Å²) in [5.74, 6) is -1.49. The van der Waals surface area contributed by atoms with Crippen molar-refractivity contribution in [2.45, 2.75) is 13.5 Å². The van der Waals surface area contributed by atoms with Crippen LogP contribution in [0, 0.1) is 0 Å². The minimum absolute atomic E-state index is 0.210. The van der Waals surface area contributed by atoms with Crippen molar-refractivity contribution in [2.24, 2.45) is 0 Å². The number of fused-ring (bicyclic) bond motifs is 1. The molecular formula is C9H9N3O3. The van der Waals surface area contributed by atoms with Crippen LogP contribution in [0.1, 0.15) is 17.3 Å². The largest absolute Gasteiger partial charge is 0.506 e. The van der Waals surface area contributed by atoms with Crippen LogP contribution < -0.4 is 0 Å². The van der Waals surface area contributed by atoms with Crippen LogP contribution in [0.3, 0.4) is 0 Å². The molecule has 15 heavy (non-hydrogen) atoms. The van der Waals surface area contributed by atoms with E-state index in [1.807, 2.05) is 6.92 Å². The molecule has 0 saturated carbocycles. The Morgan fingerprint density at radius 3 is 2.93 bits per heavy atom. The molecule has 0 fully saturated rings. The molecule has 0 spiro atoms. The molecule has 2 aromatic heterocycles. The predicted octanol–water partition coefficient (Wildman–Crippen LogP) is 0.855. The molecule has 0 unspecified atom stereocenters. The van der Waals surface area contributed by atoms with Gasteiger partial charge in [0.2, 0.25) is 0 Å². The quantitative estimate of drug-likeness (QED) is 0.762. The highest BCUT2D eigenvalue weighted by Gasteiger charge is 2.15. The van der Waals surface area contributed by atoms with Gasteiger partial charge in [0, 0.05) is 18.9 Å². The van der Waals surface area contributed by atoms with Gasteiger partial charge in [0.1, 0.15) is 11.3 Å². The van der Waals surface area contributed by atoms with E-state index in [-0.39, 0.29) is 11.3 Å². The van der Waals surface area contributed by atoms with E-state index < -0.39 is 5.97 Å². The first-order valence-electron chi connectivity index (χ1n) is 4.42. The summed E-state index contributed by atoms with van der Waals surface area (Å²) in [5.41, 5.74) is 0.137. The number of rotatable bonds is 2. The first-order valence-corrected chi connectivity index (χ1v) is 4.42. The average Bonchev–Trinajstić information content (AvgIpc) is 2.61. The Labute approximate surface area is 84.8 Å². The Hall–Kier alpha value is -2.11. The van der Waals surface area contributed by atoms with Crippen molar-refractivity contribution in [3.8, 4) is 5.75 Å². The van der Waals surface area contributed by atoms with Crippen molar-refractivity contribution in [3.63, 3.8) is 0 Å². The van der Waals surface area contributed by atoms with E-state index in [4.69, 9.17) is 5.11 Å². The molecule has 78 valence electrons. The van der Waals surface area contributed by atoms with Gasteiger partial charge in [0.05, 0.1) is 5.39 Å². The van der Waals surface area contributed by atoms with Gasteiger partial charge in [-0.05, 0) is 6.92 Å². The fourth-order valence-electron chi connectivity index (χ4n) is 1.32. The highest BCUT2D eigenvalue weighted by atomic mass is 16.4. The lowest BCUT2D eigenvalue weighted by Crippen LogP contribution is -1.97. The van der Waals surface area contributed by atoms with Crippen LogP contribution in [-0.4, -0.2) is 30.9 Å². The molecule has 0 aromatic carbocycles. The maximum atomic E-state index is 10.7. The summed E-state index contributed by atoms with van der Waals surface area (Å²) in [7, 11) is 0. The number of carbonyl (C=O) groups is 1. The smallest absolute Gasteiger partial charge is 0.341 e. The minimum Gasteiger partial charge on any atom is -0.506 e. The van der Waals surface area contributed by atoms with Crippen LogP contribution in [0.5, 0.6) is 5.75 Å². The Balaban J connectivity index is 2.72. The first-order chi connectivity index (χ1) is 7.13. The summed E-state index contributed by atoms with van der Waals surface area (Å²) in [6.07, 6.45) is 2.68. The van der Waals surface area contributed by atoms with Crippen LogP contribution in [0.15, 0.2) is 12.4 Å². The Bertz CT molecular complexity index is 533. The molecule has 0 aliphatic rings. The number of aryl methyl sites for hydroxylation is 1. The van der Waals surface area contributed by atoms with E-state index in [1.54, 1.807) is 10.9 Å². The summed E-state index contributed by atoms with van der Waals surface area (Å²) >= 11 is 0. The van der Waals surface area contributed by atoms with Gasteiger partial charge in [0.25, 0.3) is 0 Å². The monoisotopic (exact) mass is 207 g/mol. The van der Waals surface area contributed by atoms with Crippen molar-refractivity contribution in [1.82, 2.24) is 14.8 Å². The molecule has 6 nitrogen and oxygen atoms in total. The molecule has 6 heteroatoms. The van der Waals surface area contributed by atoms with Crippen molar-refractivity contribution in [2.75, 3.05) is 0 Å². The molecule has 0 bridgehead atoms. The third kappa shape index (κ3) is 1.39. The lowest BCUT2D eigenvalue weighted by molar-refractivity contribution is 0.0693. The third-order valence-electron chi connectivity index (χ3n) is 2.12. The molecular weight excluding hydrogens is 198 g/mol. The van der Waals surface area contributed by atoms with Gasteiger partial charge in [-0.15, -0.1) is 0 Å². The number of hydrogen-bond donors (Lipinski definition) is 2. The summed E-state index contributed by atoms with van der Waals surface area (Å²) in [6.45, 7) is 2.53. The van der Waals surface area contributed by atoms with Crippen LogP contribution in [0.2, 0.25) is 0 Å². The summed E-state index contributed by atoms with van der Waals surface area (Å²) in [5, 5.41) is 22.8. The molecule has 2 N–H and O–H groups in total. The van der Waals surface area contributed by atoms with E-state index in [2.05, 4.69) is 10.1 Å². The second kappa shape index (κ2) is 3.23. The maximum absolute atomic E-state index is 10.7. The molecule has 0 atom stereocenters. The van der Waals surface area contributed by atoms with Crippen LogP contribution in [-0.2, 0) is 6.54 Å². The summed E-state index contributed by atoms with van der Waals surface area (Å²) in [4.78, 5) is 14.6. The lowest BCUT2D eigenvalue weighted by Gasteiger charge is -1.97. The Morgan fingerprint density at radius 2 is 2.33 bits per heavy atom.